The highest BCUT2D eigenvalue weighted by atomic mass is 35.5. The molecule has 31 heavy (non-hydrogen) atoms. The van der Waals surface area contributed by atoms with E-state index in [1.807, 2.05) is 0 Å². The molecular formula is C23H21ClF2N2O3. The van der Waals surface area contributed by atoms with Crippen molar-refractivity contribution in [1.82, 2.24) is 4.90 Å². The Kier molecular flexibility index (Phi) is 6.53. The predicted molar refractivity (Wildman–Crippen MR) is 115 cm³/mol. The summed E-state index contributed by atoms with van der Waals surface area (Å²) in [6.45, 7) is 3.48. The molecule has 0 saturated carbocycles. The van der Waals surface area contributed by atoms with Crippen LogP contribution in [0.25, 0.3) is 0 Å². The first-order valence-electron chi connectivity index (χ1n) is 9.90. The van der Waals surface area contributed by atoms with E-state index in [2.05, 4.69) is 9.80 Å². The van der Waals surface area contributed by atoms with Crippen molar-refractivity contribution < 1.29 is 17.9 Å². The summed E-state index contributed by atoms with van der Waals surface area (Å²) in [7, 11) is 0. The maximum atomic E-state index is 13.8. The average Bonchev–Trinajstić information content (AvgIpc) is 2.76. The Morgan fingerprint density at radius 2 is 1.77 bits per heavy atom. The summed E-state index contributed by atoms with van der Waals surface area (Å²) in [5, 5.41) is 0.237. The van der Waals surface area contributed by atoms with Gasteiger partial charge in [0.2, 0.25) is 11.2 Å². The van der Waals surface area contributed by atoms with E-state index in [0.717, 1.165) is 31.9 Å². The first kappa shape index (κ1) is 21.3. The highest BCUT2D eigenvalue weighted by Crippen LogP contribution is 2.21. The molecule has 1 fully saturated rings. The van der Waals surface area contributed by atoms with Gasteiger partial charge in [0.15, 0.2) is 0 Å². The largest absolute Gasteiger partial charge is 0.482 e. The highest BCUT2D eigenvalue weighted by molar-refractivity contribution is 6.31. The standard InChI is InChI=1S/C23H21ClF2N2O3/c24-20-2-1-3-21(26)19(20)14-31-23-15-30-18(12-22(23)29)13-27-8-10-28(11-9-27)17-6-4-16(25)5-7-17/h1-7,12,15H,8-11,13-14H2. The molecule has 1 aliphatic rings. The first-order chi connectivity index (χ1) is 15.0. The van der Waals surface area contributed by atoms with Crippen LogP contribution in [0.3, 0.4) is 0 Å². The lowest BCUT2D eigenvalue weighted by Gasteiger charge is -2.35. The number of benzene rings is 2. The fourth-order valence-electron chi connectivity index (χ4n) is 3.48. The molecule has 3 aromatic rings. The molecule has 0 radical (unpaired) electrons. The molecule has 0 spiro atoms. The van der Waals surface area contributed by atoms with Gasteiger partial charge in [0.25, 0.3) is 0 Å². The number of ether oxygens (including phenoxy) is 1. The first-order valence-corrected chi connectivity index (χ1v) is 10.3. The Labute approximate surface area is 183 Å². The van der Waals surface area contributed by atoms with Crippen LogP contribution in [0.1, 0.15) is 11.3 Å². The third-order valence-corrected chi connectivity index (χ3v) is 5.58. The van der Waals surface area contributed by atoms with Crippen molar-refractivity contribution >= 4 is 17.3 Å². The van der Waals surface area contributed by atoms with Gasteiger partial charge in [-0.15, -0.1) is 0 Å². The van der Waals surface area contributed by atoms with E-state index in [1.54, 1.807) is 18.2 Å². The minimum Gasteiger partial charge on any atom is -0.482 e. The van der Waals surface area contributed by atoms with Gasteiger partial charge < -0.3 is 14.1 Å². The molecule has 0 N–H and O–H groups in total. The highest BCUT2D eigenvalue weighted by Gasteiger charge is 2.19. The molecule has 162 valence electrons. The molecule has 0 unspecified atom stereocenters. The third-order valence-electron chi connectivity index (χ3n) is 5.23. The summed E-state index contributed by atoms with van der Waals surface area (Å²) >= 11 is 5.98. The molecule has 4 rings (SSSR count). The van der Waals surface area contributed by atoms with Crippen LogP contribution in [-0.4, -0.2) is 31.1 Å². The van der Waals surface area contributed by atoms with Gasteiger partial charge in [-0.25, -0.2) is 8.78 Å². The zero-order chi connectivity index (χ0) is 21.8. The van der Waals surface area contributed by atoms with E-state index in [9.17, 15) is 13.6 Å². The van der Waals surface area contributed by atoms with Crippen LogP contribution in [0.5, 0.6) is 5.75 Å². The molecule has 1 aliphatic heterocycles. The second kappa shape index (κ2) is 9.49. The lowest BCUT2D eigenvalue weighted by atomic mass is 10.2. The summed E-state index contributed by atoms with van der Waals surface area (Å²) in [6.07, 6.45) is 1.25. The normalized spacial score (nSPS) is 14.6. The molecule has 1 aromatic heterocycles. The van der Waals surface area contributed by atoms with Crippen molar-refractivity contribution in [3.8, 4) is 5.75 Å². The van der Waals surface area contributed by atoms with E-state index < -0.39 is 5.82 Å². The van der Waals surface area contributed by atoms with Gasteiger partial charge in [-0.1, -0.05) is 17.7 Å². The number of anilines is 1. The summed E-state index contributed by atoms with van der Waals surface area (Å²) in [6, 6.07) is 12.2. The fourth-order valence-corrected chi connectivity index (χ4v) is 3.70. The van der Waals surface area contributed by atoms with E-state index in [-0.39, 0.29) is 34.2 Å². The number of piperazine rings is 1. The van der Waals surface area contributed by atoms with E-state index in [0.29, 0.717) is 12.3 Å². The van der Waals surface area contributed by atoms with Crippen molar-refractivity contribution in [3.05, 3.63) is 93.0 Å². The van der Waals surface area contributed by atoms with Gasteiger partial charge in [0.05, 0.1) is 11.6 Å². The number of hydrogen-bond acceptors (Lipinski definition) is 5. The smallest absolute Gasteiger partial charge is 0.227 e. The molecule has 0 amide bonds. The van der Waals surface area contributed by atoms with Gasteiger partial charge in [-0.2, -0.15) is 0 Å². The number of halogens is 3. The van der Waals surface area contributed by atoms with Crippen LogP contribution >= 0.6 is 11.6 Å². The number of nitrogens with zero attached hydrogens (tertiary/aromatic N) is 2. The Morgan fingerprint density at radius 1 is 1.03 bits per heavy atom. The van der Waals surface area contributed by atoms with Crippen molar-refractivity contribution in [2.45, 2.75) is 13.2 Å². The summed E-state index contributed by atoms with van der Waals surface area (Å²) in [4.78, 5) is 16.7. The zero-order valence-corrected chi connectivity index (χ0v) is 17.4. The maximum Gasteiger partial charge on any atom is 0.227 e. The summed E-state index contributed by atoms with van der Waals surface area (Å²) < 4.78 is 37.9. The van der Waals surface area contributed by atoms with E-state index >= 15 is 0 Å². The predicted octanol–water partition coefficient (Wildman–Crippen LogP) is 4.47. The molecular weight excluding hydrogens is 426 g/mol. The Bertz CT molecular complexity index is 1080. The third kappa shape index (κ3) is 5.24. The van der Waals surface area contributed by atoms with Crippen molar-refractivity contribution in [1.29, 1.82) is 0 Å². The van der Waals surface area contributed by atoms with Crippen LogP contribution in [0.4, 0.5) is 14.5 Å². The van der Waals surface area contributed by atoms with Gasteiger partial charge in [-0.05, 0) is 36.4 Å². The van der Waals surface area contributed by atoms with Crippen LogP contribution in [0.15, 0.2) is 64.0 Å². The van der Waals surface area contributed by atoms with E-state index in [4.69, 9.17) is 20.8 Å². The molecule has 0 atom stereocenters. The van der Waals surface area contributed by atoms with Crippen LogP contribution in [0.2, 0.25) is 5.02 Å². The van der Waals surface area contributed by atoms with Crippen LogP contribution < -0.4 is 15.1 Å². The molecule has 8 heteroatoms. The molecule has 1 saturated heterocycles. The second-order valence-electron chi connectivity index (χ2n) is 7.30. The van der Waals surface area contributed by atoms with Gasteiger partial charge in [0.1, 0.15) is 30.3 Å². The Morgan fingerprint density at radius 3 is 2.45 bits per heavy atom. The second-order valence-corrected chi connectivity index (χ2v) is 7.71. The average molecular weight is 447 g/mol. The minimum atomic E-state index is -0.492. The van der Waals surface area contributed by atoms with Gasteiger partial charge in [0, 0.05) is 43.5 Å². The molecule has 2 aromatic carbocycles. The fraction of sp³-hybridized carbons (Fsp3) is 0.261. The zero-order valence-electron chi connectivity index (χ0n) is 16.7. The van der Waals surface area contributed by atoms with Gasteiger partial charge in [-0.3, -0.25) is 9.69 Å². The topological polar surface area (TPSA) is 45.9 Å². The monoisotopic (exact) mass is 446 g/mol. The quantitative estimate of drug-likeness (QED) is 0.559. The Hall–Kier alpha value is -2.90. The van der Waals surface area contributed by atoms with Crippen molar-refractivity contribution in [2.75, 3.05) is 31.1 Å². The van der Waals surface area contributed by atoms with Crippen LogP contribution in [0, 0.1) is 11.6 Å². The molecule has 0 aliphatic carbocycles. The number of rotatable bonds is 6. The lowest BCUT2D eigenvalue weighted by molar-refractivity contribution is 0.224. The van der Waals surface area contributed by atoms with Crippen LogP contribution in [-0.2, 0) is 13.2 Å². The van der Waals surface area contributed by atoms with Gasteiger partial charge >= 0.3 is 0 Å². The maximum absolute atomic E-state index is 13.8. The molecule has 2 heterocycles. The number of hydrogen-bond donors (Lipinski definition) is 0. The lowest BCUT2D eigenvalue weighted by Crippen LogP contribution is -2.46. The van der Waals surface area contributed by atoms with E-state index in [1.165, 1.54) is 36.6 Å². The molecule has 5 nitrogen and oxygen atoms in total. The van der Waals surface area contributed by atoms with Crippen molar-refractivity contribution in [3.63, 3.8) is 0 Å². The summed E-state index contributed by atoms with van der Waals surface area (Å²) in [5.41, 5.74) is 0.842. The minimum absolute atomic E-state index is 0.00389. The summed E-state index contributed by atoms with van der Waals surface area (Å²) in [5.74, 6) is -0.212. The van der Waals surface area contributed by atoms with Crippen molar-refractivity contribution in [2.24, 2.45) is 0 Å². The molecule has 0 bridgehead atoms. The SMILES string of the molecule is O=c1cc(CN2CCN(c3ccc(F)cc3)CC2)occ1OCc1c(F)cccc1Cl. The Balaban J connectivity index is 1.32.